The lowest BCUT2D eigenvalue weighted by atomic mass is 9.91. The SMILES string of the molecule is c1ccc(C2=NC(c3cc(C4=Nc5c(sc6ccccc56)C(c5ccccc5)N4)cc(-c4cc5ccccc5c5ccccc45)c3)=NC(c3ccccc3)N2)cc1. The first-order valence-corrected chi connectivity index (χ1v) is 20.1. The normalized spacial score (nSPS) is 16.3. The number of nitrogens with one attached hydrogen (secondary N) is 2. The highest BCUT2D eigenvalue weighted by molar-refractivity contribution is 7.19. The summed E-state index contributed by atoms with van der Waals surface area (Å²) < 4.78 is 1.23. The summed E-state index contributed by atoms with van der Waals surface area (Å²) in [6.07, 6.45) is -0.324. The average molecular weight is 750 g/mol. The van der Waals surface area contributed by atoms with Crippen LogP contribution in [0.3, 0.4) is 0 Å². The number of hydrogen-bond donors (Lipinski definition) is 2. The Morgan fingerprint density at radius 3 is 1.82 bits per heavy atom. The van der Waals surface area contributed by atoms with Crippen LogP contribution in [-0.2, 0) is 0 Å². The highest BCUT2D eigenvalue weighted by Crippen LogP contribution is 2.46. The highest BCUT2D eigenvalue weighted by atomic mass is 32.1. The molecule has 2 unspecified atom stereocenters. The molecule has 2 N–H and O–H groups in total. The first-order chi connectivity index (χ1) is 28.2. The van der Waals surface area contributed by atoms with E-state index in [1.165, 1.54) is 42.1 Å². The second kappa shape index (κ2) is 13.9. The fourth-order valence-corrected chi connectivity index (χ4v) is 9.43. The lowest BCUT2D eigenvalue weighted by Gasteiger charge is -2.27. The molecule has 0 radical (unpaired) electrons. The number of benzene rings is 8. The fourth-order valence-electron chi connectivity index (χ4n) is 8.21. The van der Waals surface area contributed by atoms with E-state index in [-0.39, 0.29) is 12.2 Å². The number of aliphatic imine (C=N–C) groups is 3. The Hall–Kier alpha value is -7.15. The van der Waals surface area contributed by atoms with E-state index < -0.39 is 0 Å². The van der Waals surface area contributed by atoms with Crippen LogP contribution in [0.2, 0.25) is 0 Å². The quantitative estimate of drug-likeness (QED) is 0.166. The number of rotatable bonds is 6. The molecule has 3 heterocycles. The van der Waals surface area contributed by atoms with Gasteiger partial charge < -0.3 is 10.6 Å². The van der Waals surface area contributed by atoms with Gasteiger partial charge in [0.05, 0.1) is 16.6 Å². The van der Waals surface area contributed by atoms with E-state index in [4.69, 9.17) is 15.0 Å². The van der Waals surface area contributed by atoms with Gasteiger partial charge in [-0.3, -0.25) is 0 Å². The minimum atomic E-state index is -0.324. The van der Waals surface area contributed by atoms with Crippen LogP contribution in [-0.4, -0.2) is 17.5 Å². The van der Waals surface area contributed by atoms with Crippen molar-refractivity contribution in [1.29, 1.82) is 0 Å². The van der Waals surface area contributed by atoms with Crippen LogP contribution in [0.1, 0.15) is 44.9 Å². The topological polar surface area (TPSA) is 61.1 Å². The Morgan fingerprint density at radius 1 is 0.439 bits per heavy atom. The number of thiophene rings is 1. The van der Waals surface area contributed by atoms with Crippen LogP contribution >= 0.6 is 11.3 Å². The Bertz CT molecular complexity index is 3080. The van der Waals surface area contributed by atoms with Gasteiger partial charge in [0.25, 0.3) is 0 Å². The van der Waals surface area contributed by atoms with Crippen LogP contribution in [0.15, 0.2) is 203 Å². The largest absolute Gasteiger partial charge is 0.358 e. The summed E-state index contributed by atoms with van der Waals surface area (Å²) in [4.78, 5) is 17.3. The highest BCUT2D eigenvalue weighted by Gasteiger charge is 2.29. The molecule has 0 saturated heterocycles. The zero-order valence-corrected chi connectivity index (χ0v) is 31.6. The van der Waals surface area contributed by atoms with Crippen molar-refractivity contribution in [2.24, 2.45) is 15.0 Å². The molecule has 0 saturated carbocycles. The maximum absolute atomic E-state index is 5.47. The van der Waals surface area contributed by atoms with Gasteiger partial charge in [0.1, 0.15) is 17.8 Å². The molecule has 1 aromatic heterocycles. The van der Waals surface area contributed by atoms with E-state index in [9.17, 15) is 0 Å². The van der Waals surface area contributed by atoms with Crippen molar-refractivity contribution in [2.75, 3.05) is 0 Å². The third-order valence-electron chi connectivity index (χ3n) is 10.9. The van der Waals surface area contributed by atoms with Gasteiger partial charge in [-0.2, -0.15) is 0 Å². The summed E-state index contributed by atoms with van der Waals surface area (Å²) in [5.41, 5.74) is 8.38. The minimum Gasteiger partial charge on any atom is -0.358 e. The maximum atomic E-state index is 5.47. The van der Waals surface area contributed by atoms with Crippen molar-refractivity contribution in [2.45, 2.75) is 12.2 Å². The number of hydrogen-bond acceptors (Lipinski definition) is 6. The molecule has 270 valence electrons. The third kappa shape index (κ3) is 5.98. The van der Waals surface area contributed by atoms with E-state index in [0.29, 0.717) is 5.84 Å². The average Bonchev–Trinajstić information content (AvgIpc) is 3.68. The van der Waals surface area contributed by atoms with Crippen LogP contribution in [0.25, 0.3) is 42.8 Å². The second-order valence-corrected chi connectivity index (χ2v) is 15.6. The van der Waals surface area contributed by atoms with Crippen molar-refractivity contribution in [3.8, 4) is 11.1 Å². The van der Waals surface area contributed by atoms with Crippen molar-refractivity contribution < 1.29 is 0 Å². The standard InChI is InChI=1S/C51H35N5S/c1-4-16-32(17-5-1)45-47-46(42-26-14-15-27-44(42)57-47)53-50(52-45)37-28-36(43-31-35-22-10-11-23-39(35)40-24-12-13-25-41(40)43)29-38(30-37)51-55-48(33-18-6-2-7-19-33)54-49(56-51)34-20-8-3-9-21-34/h1-31,45,48H,(H,52,53)(H,54,55,56). The Kier molecular flexibility index (Phi) is 8.07. The van der Waals surface area contributed by atoms with Gasteiger partial charge in [0, 0.05) is 26.8 Å². The summed E-state index contributed by atoms with van der Waals surface area (Å²) in [5, 5.41) is 13.6. The lowest BCUT2D eigenvalue weighted by molar-refractivity contribution is 0.674. The predicted octanol–water partition coefficient (Wildman–Crippen LogP) is 12.1. The molecule has 9 aromatic rings. The lowest BCUT2D eigenvalue weighted by Crippen LogP contribution is -2.34. The molecule has 5 nitrogen and oxygen atoms in total. The summed E-state index contributed by atoms with van der Waals surface area (Å²) in [7, 11) is 0. The van der Waals surface area contributed by atoms with E-state index in [1.54, 1.807) is 0 Å². The summed E-state index contributed by atoms with van der Waals surface area (Å²) in [5.74, 6) is 2.26. The van der Waals surface area contributed by atoms with Crippen molar-refractivity contribution in [3.63, 3.8) is 0 Å². The molecule has 0 amide bonds. The molecule has 2 aliphatic heterocycles. The zero-order chi connectivity index (χ0) is 37.7. The molecule has 0 aliphatic carbocycles. The molecule has 0 bridgehead atoms. The fraction of sp³-hybridized carbons (Fsp3) is 0.0392. The predicted molar refractivity (Wildman–Crippen MR) is 238 cm³/mol. The zero-order valence-electron chi connectivity index (χ0n) is 30.8. The van der Waals surface area contributed by atoms with Crippen LogP contribution in [0.5, 0.6) is 0 Å². The summed E-state index contributed by atoms with van der Waals surface area (Å²) in [6.45, 7) is 0. The third-order valence-corrected chi connectivity index (χ3v) is 12.2. The maximum Gasteiger partial charge on any atom is 0.159 e. The van der Waals surface area contributed by atoms with Gasteiger partial charge in [-0.1, -0.05) is 158 Å². The first kappa shape index (κ1) is 33.2. The Morgan fingerprint density at radius 2 is 1.04 bits per heavy atom. The number of amidine groups is 3. The molecule has 8 aromatic carbocycles. The van der Waals surface area contributed by atoms with Gasteiger partial charge in [-0.25, -0.2) is 15.0 Å². The number of nitrogens with zero attached hydrogens (tertiary/aromatic N) is 3. The molecule has 57 heavy (non-hydrogen) atoms. The van der Waals surface area contributed by atoms with Crippen LogP contribution in [0, 0.1) is 0 Å². The molecular weight excluding hydrogens is 715 g/mol. The van der Waals surface area contributed by atoms with Gasteiger partial charge in [-0.05, 0) is 74.1 Å². The Labute approximate surface area is 334 Å². The second-order valence-electron chi connectivity index (χ2n) is 14.5. The number of fused-ring (bicyclic) bond motifs is 6. The van der Waals surface area contributed by atoms with Crippen LogP contribution in [0.4, 0.5) is 5.69 Å². The van der Waals surface area contributed by atoms with E-state index in [0.717, 1.165) is 50.7 Å². The molecule has 6 heteroatoms. The van der Waals surface area contributed by atoms with Gasteiger partial charge in [-0.15, -0.1) is 11.3 Å². The summed E-state index contributed by atoms with van der Waals surface area (Å²) >= 11 is 1.81. The van der Waals surface area contributed by atoms with Gasteiger partial charge >= 0.3 is 0 Å². The van der Waals surface area contributed by atoms with E-state index in [2.05, 4.69) is 174 Å². The van der Waals surface area contributed by atoms with Gasteiger partial charge in [0.15, 0.2) is 5.84 Å². The minimum absolute atomic E-state index is 0.0684. The smallest absolute Gasteiger partial charge is 0.159 e. The molecule has 0 fully saturated rings. The Balaban J connectivity index is 1.16. The van der Waals surface area contributed by atoms with Crippen molar-refractivity contribution >= 4 is 66.2 Å². The van der Waals surface area contributed by atoms with E-state index >= 15 is 0 Å². The van der Waals surface area contributed by atoms with Crippen molar-refractivity contribution in [3.05, 3.63) is 221 Å². The van der Waals surface area contributed by atoms with Crippen molar-refractivity contribution in [1.82, 2.24) is 10.6 Å². The first-order valence-electron chi connectivity index (χ1n) is 19.3. The van der Waals surface area contributed by atoms with Crippen LogP contribution < -0.4 is 10.6 Å². The monoisotopic (exact) mass is 749 g/mol. The molecule has 2 aliphatic rings. The summed E-state index contributed by atoms with van der Waals surface area (Å²) in [6, 6.07) is 66.3. The van der Waals surface area contributed by atoms with Gasteiger partial charge in [0.2, 0.25) is 0 Å². The molecular formula is C51H35N5S. The molecule has 2 atom stereocenters. The molecule has 11 rings (SSSR count). The van der Waals surface area contributed by atoms with E-state index in [1.807, 2.05) is 35.6 Å². The molecule has 0 spiro atoms.